The number of hydrogen-bond donors (Lipinski definition) is 0. The van der Waals surface area contributed by atoms with Gasteiger partial charge in [-0.3, -0.25) is 14.9 Å². The zero-order chi connectivity index (χ0) is 17.1. The number of nitro benzene ring substituents is 1. The first-order valence-electron chi connectivity index (χ1n) is 7.38. The topological polar surface area (TPSA) is 88.2 Å². The van der Waals surface area contributed by atoms with Crippen LogP contribution < -0.4 is 4.90 Å². The Bertz CT molecular complexity index is 856. The quantitative estimate of drug-likeness (QED) is 0.492. The molecule has 0 fully saturated rings. The zero-order valence-corrected chi connectivity index (χ0v) is 12.9. The summed E-state index contributed by atoms with van der Waals surface area (Å²) in [5, 5.41) is 18.6. The molecule has 0 bridgehead atoms. The van der Waals surface area contributed by atoms with Crippen molar-refractivity contribution < 1.29 is 9.72 Å². The number of likely N-dealkylation sites (N-methyl/N-ethyl adjacent to an activating group) is 1. The number of carbonyl (C=O) groups excluding carboxylic acids is 1. The number of hydrogen-bond acceptors (Lipinski definition) is 5. The van der Waals surface area contributed by atoms with Crippen molar-refractivity contribution in [1.82, 2.24) is 0 Å². The van der Waals surface area contributed by atoms with E-state index in [1.807, 2.05) is 31.2 Å². The number of non-ortho nitro benzene ring substituents is 1. The third-order valence-electron chi connectivity index (χ3n) is 3.68. The van der Waals surface area contributed by atoms with Crippen LogP contribution >= 0.6 is 0 Å². The second kappa shape index (κ2) is 6.41. The van der Waals surface area contributed by atoms with E-state index in [0.29, 0.717) is 17.8 Å². The fourth-order valence-corrected chi connectivity index (χ4v) is 2.51. The van der Waals surface area contributed by atoms with Crippen LogP contribution in [0.3, 0.4) is 0 Å². The number of carbonyl (C=O) groups is 1. The van der Waals surface area contributed by atoms with Crippen molar-refractivity contribution in [1.29, 1.82) is 0 Å². The number of fused-ring (bicyclic) bond motifs is 1. The van der Waals surface area contributed by atoms with Gasteiger partial charge in [-0.2, -0.15) is 5.10 Å². The Balaban J connectivity index is 1.86. The van der Waals surface area contributed by atoms with Crippen molar-refractivity contribution in [3.8, 4) is 0 Å². The normalized spacial score (nSPS) is 15.3. The fourth-order valence-electron chi connectivity index (χ4n) is 2.51. The zero-order valence-electron chi connectivity index (χ0n) is 12.9. The Hall–Kier alpha value is -3.35. The summed E-state index contributed by atoms with van der Waals surface area (Å²) in [6, 6.07) is 13.4. The van der Waals surface area contributed by atoms with E-state index < -0.39 is 4.92 Å². The molecule has 0 saturated carbocycles. The number of nitro groups is 1. The first-order valence-corrected chi connectivity index (χ1v) is 7.38. The van der Waals surface area contributed by atoms with Gasteiger partial charge in [0.15, 0.2) is 5.71 Å². The van der Waals surface area contributed by atoms with Gasteiger partial charge in [-0.25, -0.2) is 0 Å². The molecule has 120 valence electrons. The second-order valence-electron chi connectivity index (χ2n) is 5.11. The molecule has 2 aromatic rings. The highest BCUT2D eigenvalue weighted by Gasteiger charge is 2.32. The molecule has 7 nitrogen and oxygen atoms in total. The van der Waals surface area contributed by atoms with E-state index in [0.717, 1.165) is 11.3 Å². The molecule has 2 aromatic carbocycles. The van der Waals surface area contributed by atoms with Crippen LogP contribution in [-0.2, 0) is 4.79 Å². The Kier molecular flexibility index (Phi) is 4.15. The maximum absolute atomic E-state index is 12.4. The monoisotopic (exact) mass is 322 g/mol. The summed E-state index contributed by atoms with van der Waals surface area (Å²) in [6.45, 7) is 2.46. The van der Waals surface area contributed by atoms with Gasteiger partial charge < -0.3 is 4.90 Å². The molecule has 0 atom stereocenters. The molecule has 0 saturated heterocycles. The SMILES string of the molecule is CCN1C(=O)/C(=N/N=C\c2ccc([N+](=O)[O-])cc2)c2ccccc21. The van der Waals surface area contributed by atoms with Gasteiger partial charge in [0.1, 0.15) is 0 Å². The van der Waals surface area contributed by atoms with Crippen molar-refractivity contribution in [2.45, 2.75) is 6.92 Å². The van der Waals surface area contributed by atoms with Gasteiger partial charge in [0.05, 0.1) is 16.8 Å². The molecular weight excluding hydrogens is 308 g/mol. The van der Waals surface area contributed by atoms with Crippen LogP contribution in [0.5, 0.6) is 0 Å². The molecule has 1 aliphatic rings. The number of para-hydroxylation sites is 1. The fraction of sp³-hybridized carbons (Fsp3) is 0.118. The van der Waals surface area contributed by atoms with E-state index >= 15 is 0 Å². The molecule has 0 aromatic heterocycles. The highest BCUT2D eigenvalue weighted by atomic mass is 16.6. The van der Waals surface area contributed by atoms with Crippen molar-refractivity contribution in [3.63, 3.8) is 0 Å². The van der Waals surface area contributed by atoms with Crippen LogP contribution in [-0.4, -0.2) is 29.3 Å². The van der Waals surface area contributed by atoms with Gasteiger partial charge in [0, 0.05) is 24.2 Å². The van der Waals surface area contributed by atoms with E-state index in [1.165, 1.54) is 18.3 Å². The summed E-state index contributed by atoms with van der Waals surface area (Å²) in [6.07, 6.45) is 1.46. The molecule has 0 radical (unpaired) electrons. The lowest BCUT2D eigenvalue weighted by Crippen LogP contribution is -2.29. The Labute approximate surface area is 138 Å². The van der Waals surface area contributed by atoms with Gasteiger partial charge in [0.2, 0.25) is 0 Å². The van der Waals surface area contributed by atoms with Crippen molar-refractivity contribution in [3.05, 3.63) is 69.8 Å². The maximum atomic E-state index is 12.4. The number of amides is 1. The van der Waals surface area contributed by atoms with E-state index in [1.54, 1.807) is 17.0 Å². The lowest BCUT2D eigenvalue weighted by atomic mass is 10.1. The van der Waals surface area contributed by atoms with E-state index in [4.69, 9.17) is 0 Å². The largest absolute Gasteiger partial charge is 0.307 e. The number of nitrogens with zero attached hydrogens (tertiary/aromatic N) is 4. The molecule has 0 spiro atoms. The molecule has 3 rings (SSSR count). The average molecular weight is 322 g/mol. The predicted molar refractivity (Wildman–Crippen MR) is 91.7 cm³/mol. The molecule has 0 aliphatic carbocycles. The van der Waals surface area contributed by atoms with Crippen LogP contribution in [0.15, 0.2) is 58.7 Å². The molecule has 0 N–H and O–H groups in total. The number of anilines is 1. The van der Waals surface area contributed by atoms with Gasteiger partial charge >= 0.3 is 0 Å². The standard InChI is InChI=1S/C17H14N4O3/c1-2-20-15-6-4-3-5-14(15)16(17(20)22)19-18-11-12-7-9-13(10-8-12)21(23)24/h3-11H,2H2,1H3/b18-11-,19-16+. The Morgan fingerprint density at radius 1 is 1.17 bits per heavy atom. The predicted octanol–water partition coefficient (Wildman–Crippen LogP) is 2.78. The van der Waals surface area contributed by atoms with E-state index in [-0.39, 0.29) is 11.6 Å². The molecule has 24 heavy (non-hydrogen) atoms. The maximum Gasteiger partial charge on any atom is 0.279 e. The van der Waals surface area contributed by atoms with Crippen LogP contribution in [0, 0.1) is 10.1 Å². The van der Waals surface area contributed by atoms with Crippen molar-refractivity contribution >= 4 is 29.2 Å². The van der Waals surface area contributed by atoms with E-state index in [2.05, 4.69) is 10.2 Å². The summed E-state index contributed by atoms with van der Waals surface area (Å²) in [4.78, 5) is 24.2. The average Bonchev–Trinajstić information content (AvgIpc) is 2.87. The summed E-state index contributed by atoms with van der Waals surface area (Å²) in [5.74, 6) is -0.181. The minimum absolute atomic E-state index is 0.0111. The molecule has 1 heterocycles. The summed E-state index contributed by atoms with van der Waals surface area (Å²) < 4.78 is 0. The molecule has 0 unspecified atom stereocenters. The second-order valence-corrected chi connectivity index (χ2v) is 5.11. The Morgan fingerprint density at radius 3 is 2.54 bits per heavy atom. The highest BCUT2D eigenvalue weighted by molar-refractivity contribution is 6.54. The van der Waals surface area contributed by atoms with Gasteiger partial charge in [-0.1, -0.05) is 18.2 Å². The van der Waals surface area contributed by atoms with Crippen molar-refractivity contribution in [2.24, 2.45) is 10.2 Å². The first-order chi connectivity index (χ1) is 11.6. The number of benzene rings is 2. The van der Waals surface area contributed by atoms with Crippen LogP contribution in [0.25, 0.3) is 0 Å². The molecule has 7 heteroatoms. The highest BCUT2D eigenvalue weighted by Crippen LogP contribution is 2.28. The summed E-state index contributed by atoms with van der Waals surface area (Å²) >= 11 is 0. The lowest BCUT2D eigenvalue weighted by molar-refractivity contribution is -0.384. The summed E-state index contributed by atoms with van der Waals surface area (Å²) in [5.41, 5.74) is 2.55. The lowest BCUT2D eigenvalue weighted by Gasteiger charge is -2.12. The smallest absolute Gasteiger partial charge is 0.279 e. The molecule has 1 aliphatic heterocycles. The van der Waals surface area contributed by atoms with Crippen molar-refractivity contribution in [2.75, 3.05) is 11.4 Å². The summed E-state index contributed by atoms with van der Waals surface area (Å²) in [7, 11) is 0. The molecular formula is C17H14N4O3. The Morgan fingerprint density at radius 2 is 1.88 bits per heavy atom. The van der Waals surface area contributed by atoms with Crippen LogP contribution in [0.4, 0.5) is 11.4 Å². The van der Waals surface area contributed by atoms with Crippen LogP contribution in [0.2, 0.25) is 0 Å². The van der Waals surface area contributed by atoms with Gasteiger partial charge in [0.25, 0.3) is 11.6 Å². The van der Waals surface area contributed by atoms with Gasteiger partial charge in [-0.05, 0) is 30.7 Å². The number of rotatable bonds is 4. The minimum Gasteiger partial charge on any atom is -0.307 e. The molecule has 1 amide bonds. The van der Waals surface area contributed by atoms with E-state index in [9.17, 15) is 14.9 Å². The third-order valence-corrected chi connectivity index (χ3v) is 3.68. The minimum atomic E-state index is -0.464. The third kappa shape index (κ3) is 2.79. The van der Waals surface area contributed by atoms with Gasteiger partial charge in [-0.15, -0.1) is 5.10 Å². The first kappa shape index (κ1) is 15.5. The van der Waals surface area contributed by atoms with Crippen LogP contribution in [0.1, 0.15) is 18.1 Å².